The van der Waals surface area contributed by atoms with Crippen molar-refractivity contribution in [3.63, 3.8) is 0 Å². The van der Waals surface area contributed by atoms with Crippen molar-refractivity contribution in [3.05, 3.63) is 47.5 Å². The second kappa shape index (κ2) is 14.1. The van der Waals surface area contributed by atoms with E-state index < -0.39 is 17.8 Å². The average molecular weight is 525 g/mol. The van der Waals surface area contributed by atoms with Crippen molar-refractivity contribution in [2.45, 2.75) is 52.9 Å². The van der Waals surface area contributed by atoms with E-state index in [2.05, 4.69) is 12.2 Å². The summed E-state index contributed by atoms with van der Waals surface area (Å²) in [5.74, 6) is 0.440. The number of anilines is 1. The number of amides is 4. The largest absolute Gasteiger partial charge is 0.493 e. The molecule has 0 aliphatic carbocycles. The second-order valence-corrected chi connectivity index (χ2v) is 8.69. The van der Waals surface area contributed by atoms with Crippen LogP contribution in [-0.4, -0.2) is 44.8 Å². The van der Waals surface area contributed by atoms with Crippen molar-refractivity contribution in [3.8, 4) is 23.0 Å². The molecule has 0 unspecified atom stereocenters. The maximum atomic E-state index is 13.4. The predicted octanol–water partition coefficient (Wildman–Crippen LogP) is 5.51. The summed E-state index contributed by atoms with van der Waals surface area (Å²) < 4.78 is 22.7. The SMILES string of the molecule is CCCCCCOc1ccc(/C=C2/C(=O)NC(=O)N(c3ccc(OCCC)c(OC)c3)C2=O)cc1OCC. The molecule has 9 heteroatoms. The third kappa shape index (κ3) is 7.06. The van der Waals surface area contributed by atoms with Crippen LogP contribution in [0, 0.1) is 0 Å². The zero-order valence-electron chi connectivity index (χ0n) is 22.5. The Hall–Kier alpha value is -4.01. The number of hydrogen-bond donors (Lipinski definition) is 1. The van der Waals surface area contributed by atoms with E-state index in [-0.39, 0.29) is 11.3 Å². The van der Waals surface area contributed by atoms with Gasteiger partial charge in [0.05, 0.1) is 32.6 Å². The molecule has 1 heterocycles. The number of nitrogens with one attached hydrogen (secondary N) is 1. The van der Waals surface area contributed by atoms with Gasteiger partial charge < -0.3 is 18.9 Å². The Labute approximate surface area is 223 Å². The van der Waals surface area contributed by atoms with Crippen LogP contribution in [0.5, 0.6) is 23.0 Å². The number of hydrogen-bond acceptors (Lipinski definition) is 7. The van der Waals surface area contributed by atoms with E-state index in [1.807, 2.05) is 13.8 Å². The van der Waals surface area contributed by atoms with Gasteiger partial charge >= 0.3 is 6.03 Å². The number of benzene rings is 2. The summed E-state index contributed by atoms with van der Waals surface area (Å²) in [5, 5.41) is 2.24. The van der Waals surface area contributed by atoms with E-state index in [0.29, 0.717) is 48.4 Å². The molecule has 2 aromatic carbocycles. The van der Waals surface area contributed by atoms with E-state index in [1.165, 1.54) is 19.3 Å². The Morgan fingerprint density at radius 1 is 0.789 bits per heavy atom. The Kier molecular flexibility index (Phi) is 10.6. The summed E-state index contributed by atoms with van der Waals surface area (Å²) in [7, 11) is 1.47. The number of rotatable bonds is 14. The van der Waals surface area contributed by atoms with Crippen molar-refractivity contribution < 1.29 is 33.3 Å². The van der Waals surface area contributed by atoms with Gasteiger partial charge in [0.1, 0.15) is 5.57 Å². The first kappa shape index (κ1) is 28.6. The van der Waals surface area contributed by atoms with E-state index in [4.69, 9.17) is 18.9 Å². The summed E-state index contributed by atoms with van der Waals surface area (Å²) in [6.07, 6.45) is 6.59. The van der Waals surface area contributed by atoms with Gasteiger partial charge in [0.15, 0.2) is 23.0 Å². The lowest BCUT2D eigenvalue weighted by Gasteiger charge is -2.27. The van der Waals surface area contributed by atoms with E-state index in [0.717, 1.165) is 37.0 Å². The van der Waals surface area contributed by atoms with Crippen LogP contribution < -0.4 is 29.2 Å². The van der Waals surface area contributed by atoms with Gasteiger partial charge in [0, 0.05) is 6.07 Å². The highest BCUT2D eigenvalue weighted by Crippen LogP contribution is 2.34. The van der Waals surface area contributed by atoms with Gasteiger partial charge in [-0.2, -0.15) is 0 Å². The van der Waals surface area contributed by atoms with Crippen LogP contribution in [0.1, 0.15) is 58.4 Å². The molecule has 3 rings (SSSR count). The number of imide groups is 2. The fourth-order valence-electron chi connectivity index (χ4n) is 3.90. The van der Waals surface area contributed by atoms with Crippen molar-refractivity contribution in [2.24, 2.45) is 0 Å². The molecule has 0 bridgehead atoms. The Morgan fingerprint density at radius 3 is 2.24 bits per heavy atom. The highest BCUT2D eigenvalue weighted by molar-refractivity contribution is 6.39. The van der Waals surface area contributed by atoms with Crippen LogP contribution in [0.2, 0.25) is 0 Å². The summed E-state index contributed by atoms with van der Waals surface area (Å²) in [6, 6.07) is 9.07. The Bertz CT molecular complexity index is 1180. The molecule has 0 spiro atoms. The monoisotopic (exact) mass is 524 g/mol. The van der Waals surface area contributed by atoms with Crippen LogP contribution in [0.4, 0.5) is 10.5 Å². The lowest BCUT2D eigenvalue weighted by atomic mass is 10.1. The predicted molar refractivity (Wildman–Crippen MR) is 145 cm³/mol. The molecular weight excluding hydrogens is 488 g/mol. The zero-order valence-corrected chi connectivity index (χ0v) is 22.5. The summed E-state index contributed by atoms with van der Waals surface area (Å²) in [5.41, 5.74) is 0.611. The number of urea groups is 1. The van der Waals surface area contributed by atoms with Crippen LogP contribution >= 0.6 is 0 Å². The van der Waals surface area contributed by atoms with Gasteiger partial charge in [-0.05, 0) is 55.7 Å². The van der Waals surface area contributed by atoms with Gasteiger partial charge in [-0.25, -0.2) is 9.69 Å². The minimum absolute atomic E-state index is 0.189. The van der Waals surface area contributed by atoms with Crippen LogP contribution in [0.3, 0.4) is 0 Å². The number of unbranched alkanes of at least 4 members (excludes halogenated alkanes) is 3. The van der Waals surface area contributed by atoms with Crippen molar-refractivity contribution >= 4 is 29.6 Å². The molecule has 1 fully saturated rings. The van der Waals surface area contributed by atoms with Crippen LogP contribution in [0.25, 0.3) is 6.08 Å². The topological polar surface area (TPSA) is 103 Å². The molecule has 38 heavy (non-hydrogen) atoms. The normalized spacial score (nSPS) is 14.5. The lowest BCUT2D eigenvalue weighted by molar-refractivity contribution is -0.122. The highest BCUT2D eigenvalue weighted by Gasteiger charge is 2.37. The molecule has 204 valence electrons. The Balaban J connectivity index is 1.87. The molecule has 1 saturated heterocycles. The summed E-state index contributed by atoms with van der Waals surface area (Å²) >= 11 is 0. The standard InChI is InChI=1S/C29H36N2O7/c1-5-8-9-10-16-38-24-13-11-20(18-26(24)36-7-3)17-22-27(32)30-29(34)31(28(22)33)21-12-14-23(37-15-6-2)25(19-21)35-4/h11-14,17-19H,5-10,15-16H2,1-4H3,(H,30,32,34)/b22-17-. The van der Waals surface area contributed by atoms with Gasteiger partial charge in [0.2, 0.25) is 0 Å². The first-order valence-corrected chi connectivity index (χ1v) is 13.0. The molecule has 0 atom stereocenters. The third-order valence-corrected chi connectivity index (χ3v) is 5.80. The molecule has 0 saturated carbocycles. The number of ether oxygens (including phenoxy) is 4. The smallest absolute Gasteiger partial charge is 0.335 e. The van der Waals surface area contributed by atoms with Gasteiger partial charge in [0.25, 0.3) is 11.8 Å². The highest BCUT2D eigenvalue weighted by atomic mass is 16.5. The van der Waals surface area contributed by atoms with Gasteiger partial charge in [-0.3, -0.25) is 14.9 Å². The molecule has 9 nitrogen and oxygen atoms in total. The molecule has 1 aliphatic rings. The molecule has 0 radical (unpaired) electrons. The minimum atomic E-state index is -0.844. The van der Waals surface area contributed by atoms with Crippen LogP contribution in [-0.2, 0) is 9.59 Å². The first-order valence-electron chi connectivity index (χ1n) is 13.0. The van der Waals surface area contributed by atoms with E-state index in [1.54, 1.807) is 30.3 Å². The first-order chi connectivity index (χ1) is 18.4. The number of carbonyl (C=O) groups excluding carboxylic acids is 3. The quantitative estimate of drug-likeness (QED) is 0.197. The fourth-order valence-corrected chi connectivity index (χ4v) is 3.90. The maximum absolute atomic E-state index is 13.4. The second-order valence-electron chi connectivity index (χ2n) is 8.69. The number of nitrogens with zero attached hydrogens (tertiary/aromatic N) is 1. The molecule has 4 amide bonds. The molecular formula is C29H36N2O7. The minimum Gasteiger partial charge on any atom is -0.493 e. The van der Waals surface area contributed by atoms with Crippen molar-refractivity contribution in [1.82, 2.24) is 5.32 Å². The molecule has 1 aliphatic heterocycles. The lowest BCUT2D eigenvalue weighted by Crippen LogP contribution is -2.54. The molecule has 1 N–H and O–H groups in total. The average Bonchev–Trinajstić information content (AvgIpc) is 2.91. The third-order valence-electron chi connectivity index (χ3n) is 5.80. The van der Waals surface area contributed by atoms with Gasteiger partial charge in [-0.15, -0.1) is 0 Å². The van der Waals surface area contributed by atoms with Crippen molar-refractivity contribution in [2.75, 3.05) is 31.8 Å². The zero-order chi connectivity index (χ0) is 27.5. The molecule has 2 aromatic rings. The fraction of sp³-hybridized carbons (Fsp3) is 0.414. The number of methoxy groups -OCH3 is 1. The van der Waals surface area contributed by atoms with Crippen molar-refractivity contribution in [1.29, 1.82) is 0 Å². The van der Waals surface area contributed by atoms with E-state index >= 15 is 0 Å². The number of barbiturate groups is 1. The molecule has 0 aromatic heterocycles. The van der Waals surface area contributed by atoms with E-state index in [9.17, 15) is 14.4 Å². The Morgan fingerprint density at radius 2 is 1.53 bits per heavy atom. The summed E-state index contributed by atoms with van der Waals surface area (Å²) in [6.45, 7) is 7.49. The van der Waals surface area contributed by atoms with Crippen LogP contribution in [0.15, 0.2) is 42.0 Å². The maximum Gasteiger partial charge on any atom is 0.335 e. The van der Waals surface area contributed by atoms with Gasteiger partial charge in [-0.1, -0.05) is 39.2 Å². The summed E-state index contributed by atoms with van der Waals surface area (Å²) in [4.78, 5) is 39.6. The number of carbonyl (C=O) groups is 3.